The van der Waals surface area contributed by atoms with E-state index in [0.717, 1.165) is 0 Å². The lowest BCUT2D eigenvalue weighted by Crippen LogP contribution is -2.25. The highest BCUT2D eigenvalue weighted by Crippen LogP contribution is 2.14. The maximum absolute atomic E-state index is 10.2. The van der Waals surface area contributed by atoms with Gasteiger partial charge < -0.3 is 5.73 Å². The molecule has 0 aliphatic heterocycles. The number of amides is 1. The molecule has 0 aromatic heterocycles. The van der Waals surface area contributed by atoms with Crippen LogP contribution in [0.1, 0.15) is 13.8 Å². The minimum absolute atomic E-state index is 0.257. The average molecular weight is 98.9 g/mol. The molecule has 2 N–H and O–H groups in total. The largest absolute Gasteiger partial charge is 0.370 e. The van der Waals surface area contributed by atoms with Crippen molar-refractivity contribution < 1.29 is 4.79 Å². The van der Waals surface area contributed by atoms with Crippen molar-refractivity contribution in [3.05, 3.63) is 0 Å². The van der Waals surface area contributed by atoms with Crippen LogP contribution in [-0.4, -0.2) is 13.8 Å². The Morgan fingerprint density at radius 3 is 1.86 bits per heavy atom. The first-order valence-corrected chi connectivity index (χ1v) is 2.24. The van der Waals surface area contributed by atoms with E-state index < -0.39 is 0 Å². The highest BCUT2D eigenvalue weighted by atomic mass is 16.1. The second-order valence-electron chi connectivity index (χ2n) is 2.61. The first-order valence-electron chi connectivity index (χ1n) is 2.24. The zero-order valence-electron chi connectivity index (χ0n) is 4.99. The van der Waals surface area contributed by atoms with E-state index in [0.29, 0.717) is 0 Å². The monoisotopic (exact) mass is 99.1 g/mol. The van der Waals surface area contributed by atoms with Gasteiger partial charge in [0, 0.05) is 5.31 Å². The third kappa shape index (κ3) is 2.26. The molecule has 0 aromatic carbocycles. The van der Waals surface area contributed by atoms with E-state index in [4.69, 9.17) is 5.73 Å². The lowest BCUT2D eigenvalue weighted by Gasteiger charge is -2.10. The molecule has 0 fully saturated rings. The summed E-state index contributed by atoms with van der Waals surface area (Å²) in [5, 5.41) is -0.361. The van der Waals surface area contributed by atoms with Crippen molar-refractivity contribution in [1.82, 2.24) is 0 Å². The first-order chi connectivity index (χ1) is 2.94. The summed E-state index contributed by atoms with van der Waals surface area (Å²) < 4.78 is 0. The van der Waals surface area contributed by atoms with Gasteiger partial charge in [-0.15, -0.1) is 0 Å². The molecular formula is C4H10BNO. The molecule has 7 heavy (non-hydrogen) atoms. The first kappa shape index (κ1) is 6.53. The molecule has 0 saturated heterocycles. The Balaban J connectivity index is 3.79. The molecule has 0 unspecified atom stereocenters. The number of carbonyl (C=O) groups excluding carboxylic acids is 1. The Labute approximate surface area is 44.5 Å². The highest BCUT2D eigenvalue weighted by Gasteiger charge is 2.16. The topological polar surface area (TPSA) is 43.1 Å². The summed E-state index contributed by atoms with van der Waals surface area (Å²) in [6, 6.07) is 0. The van der Waals surface area contributed by atoms with E-state index >= 15 is 0 Å². The average Bonchev–Trinajstić information content (AvgIpc) is 1.31. The maximum Gasteiger partial charge on any atom is 0.214 e. The zero-order valence-corrected chi connectivity index (χ0v) is 4.99. The van der Waals surface area contributed by atoms with E-state index in [1.165, 1.54) is 0 Å². The second-order valence-corrected chi connectivity index (χ2v) is 2.61. The molecule has 0 aliphatic rings. The standard InChI is InChI=1S/C4H10BNO/c1-4(2,5)3(6)7/h5H2,1-2H3,(H2,6,7). The van der Waals surface area contributed by atoms with Crippen molar-refractivity contribution in [2.45, 2.75) is 19.2 Å². The molecule has 3 heteroatoms. The van der Waals surface area contributed by atoms with E-state index in [1.54, 1.807) is 21.7 Å². The molecule has 0 aromatic rings. The summed E-state index contributed by atoms with van der Waals surface area (Å²) in [6.45, 7) is 3.57. The van der Waals surface area contributed by atoms with Crippen LogP contribution in [0.5, 0.6) is 0 Å². The summed E-state index contributed by atoms with van der Waals surface area (Å²) in [4.78, 5) is 10.2. The van der Waals surface area contributed by atoms with Gasteiger partial charge in [-0.1, -0.05) is 13.8 Å². The molecule has 0 spiro atoms. The molecule has 2 nitrogen and oxygen atoms in total. The van der Waals surface area contributed by atoms with Gasteiger partial charge in [-0.3, -0.25) is 4.79 Å². The van der Waals surface area contributed by atoms with Crippen molar-refractivity contribution in [1.29, 1.82) is 0 Å². The highest BCUT2D eigenvalue weighted by molar-refractivity contribution is 6.27. The molecule has 0 saturated carbocycles. The number of carbonyl (C=O) groups is 1. The Morgan fingerprint density at radius 1 is 1.71 bits per heavy atom. The van der Waals surface area contributed by atoms with Gasteiger partial charge in [-0.2, -0.15) is 0 Å². The van der Waals surface area contributed by atoms with Crippen LogP contribution in [0, 0.1) is 0 Å². The van der Waals surface area contributed by atoms with Crippen LogP contribution in [-0.2, 0) is 4.79 Å². The minimum atomic E-state index is -0.361. The number of primary amides is 1. The van der Waals surface area contributed by atoms with Gasteiger partial charge in [-0.25, -0.2) is 0 Å². The van der Waals surface area contributed by atoms with Crippen LogP contribution in [0.4, 0.5) is 0 Å². The van der Waals surface area contributed by atoms with Gasteiger partial charge in [0.15, 0.2) is 0 Å². The fourth-order valence-corrected chi connectivity index (χ4v) is 0. The van der Waals surface area contributed by atoms with Crippen LogP contribution in [0.2, 0.25) is 5.31 Å². The van der Waals surface area contributed by atoms with Gasteiger partial charge in [0.1, 0.15) is 7.85 Å². The van der Waals surface area contributed by atoms with Crippen molar-refractivity contribution >= 4 is 13.8 Å². The van der Waals surface area contributed by atoms with Crippen molar-refractivity contribution in [2.75, 3.05) is 0 Å². The SMILES string of the molecule is BC(C)(C)C(N)=O. The summed E-state index contributed by atoms with van der Waals surface area (Å²) in [6.07, 6.45) is 0. The Kier molecular flexibility index (Phi) is 1.46. The number of rotatable bonds is 1. The smallest absolute Gasteiger partial charge is 0.214 e. The lowest BCUT2D eigenvalue weighted by atomic mass is 9.72. The summed E-state index contributed by atoms with van der Waals surface area (Å²) >= 11 is 0. The van der Waals surface area contributed by atoms with Gasteiger partial charge in [0.25, 0.3) is 0 Å². The van der Waals surface area contributed by atoms with Gasteiger partial charge >= 0.3 is 0 Å². The fraction of sp³-hybridized carbons (Fsp3) is 0.750. The van der Waals surface area contributed by atoms with E-state index in [9.17, 15) is 4.79 Å². The van der Waals surface area contributed by atoms with Crippen LogP contribution < -0.4 is 5.73 Å². The van der Waals surface area contributed by atoms with Gasteiger partial charge in [0.05, 0.1) is 0 Å². The second kappa shape index (κ2) is 1.56. The van der Waals surface area contributed by atoms with Crippen molar-refractivity contribution in [3.63, 3.8) is 0 Å². The minimum Gasteiger partial charge on any atom is -0.370 e. The van der Waals surface area contributed by atoms with Crippen LogP contribution in [0.15, 0.2) is 0 Å². The Bertz CT molecular complexity index is 84.2. The molecule has 0 heterocycles. The fourth-order valence-electron chi connectivity index (χ4n) is 0. The molecule has 0 bridgehead atoms. The molecule has 0 aliphatic carbocycles. The summed E-state index contributed by atoms with van der Waals surface area (Å²) in [5.41, 5.74) is 4.93. The molecular weight excluding hydrogens is 88.9 g/mol. The predicted molar refractivity (Wildman–Crippen MR) is 31.8 cm³/mol. The number of hydrogen-bond acceptors (Lipinski definition) is 1. The number of hydrogen-bond donors (Lipinski definition) is 1. The quantitative estimate of drug-likeness (QED) is 0.434. The van der Waals surface area contributed by atoms with Gasteiger partial charge in [0.2, 0.25) is 5.91 Å². The molecule has 0 rings (SSSR count). The third-order valence-corrected chi connectivity index (χ3v) is 0.739. The summed E-state index contributed by atoms with van der Waals surface area (Å²) in [7, 11) is 1.79. The Hall–Kier alpha value is -0.465. The number of nitrogens with two attached hydrogens (primary N) is 1. The van der Waals surface area contributed by atoms with E-state index in [2.05, 4.69) is 0 Å². The predicted octanol–water partition coefficient (Wildman–Crippen LogP) is -0.697. The van der Waals surface area contributed by atoms with Crippen molar-refractivity contribution in [3.8, 4) is 0 Å². The maximum atomic E-state index is 10.2. The molecule has 40 valence electrons. The normalized spacial score (nSPS) is 11.1. The van der Waals surface area contributed by atoms with Gasteiger partial charge in [-0.05, 0) is 0 Å². The lowest BCUT2D eigenvalue weighted by molar-refractivity contribution is -0.120. The molecule has 1 amide bonds. The third-order valence-electron chi connectivity index (χ3n) is 0.739. The van der Waals surface area contributed by atoms with Crippen LogP contribution in [0.3, 0.4) is 0 Å². The zero-order chi connectivity index (χ0) is 6.08. The Morgan fingerprint density at radius 2 is 1.86 bits per heavy atom. The molecule has 0 radical (unpaired) electrons. The summed E-state index contributed by atoms with van der Waals surface area (Å²) in [5.74, 6) is -0.257. The van der Waals surface area contributed by atoms with Crippen molar-refractivity contribution in [2.24, 2.45) is 5.73 Å². The van der Waals surface area contributed by atoms with Crippen LogP contribution in [0.25, 0.3) is 0 Å². The molecule has 0 atom stereocenters. The van der Waals surface area contributed by atoms with Crippen LogP contribution >= 0.6 is 0 Å². The van der Waals surface area contributed by atoms with E-state index in [-0.39, 0.29) is 11.2 Å². The van der Waals surface area contributed by atoms with E-state index in [1.807, 2.05) is 0 Å².